The predicted molar refractivity (Wildman–Crippen MR) is 131 cm³/mol. The van der Waals surface area contributed by atoms with Crippen LogP contribution in [-0.4, -0.2) is 37.6 Å². The summed E-state index contributed by atoms with van der Waals surface area (Å²) >= 11 is 1.31. The summed E-state index contributed by atoms with van der Waals surface area (Å²) in [6, 6.07) is 12.1. The number of carbonyl (C=O) groups excluding carboxylic acids is 1. The molecule has 0 spiro atoms. The van der Waals surface area contributed by atoms with Crippen molar-refractivity contribution in [2.75, 3.05) is 18.2 Å². The number of rotatable bonds is 6. The maximum Gasteiger partial charge on any atom is 0.418 e. The summed E-state index contributed by atoms with van der Waals surface area (Å²) < 4.78 is 47.4. The molecule has 0 aliphatic heterocycles. The summed E-state index contributed by atoms with van der Waals surface area (Å²) in [4.78, 5) is 26.1. The number of fused-ring (bicyclic) bond motifs is 1. The Morgan fingerprint density at radius 1 is 1.14 bits per heavy atom. The van der Waals surface area contributed by atoms with Gasteiger partial charge in [0.05, 0.1) is 18.4 Å². The molecule has 4 heterocycles. The van der Waals surface area contributed by atoms with Crippen LogP contribution < -0.4 is 15.8 Å². The maximum atomic E-state index is 13.7. The number of carbonyl (C=O) groups is 1. The van der Waals surface area contributed by atoms with E-state index in [0.29, 0.717) is 11.6 Å². The lowest BCUT2D eigenvalue weighted by molar-refractivity contribution is -0.136. The average molecular weight is 526 g/mol. The van der Waals surface area contributed by atoms with E-state index in [1.165, 1.54) is 30.7 Å². The van der Waals surface area contributed by atoms with Crippen LogP contribution in [0.1, 0.15) is 26.4 Å². The molecule has 1 aromatic carbocycles. The molecule has 0 aliphatic rings. The third kappa shape index (κ3) is 4.80. The number of anilines is 2. The molecule has 0 fully saturated rings. The monoisotopic (exact) mass is 525 g/mol. The molecule has 5 rings (SSSR count). The normalized spacial score (nSPS) is 11.6. The van der Waals surface area contributed by atoms with E-state index in [0.717, 1.165) is 27.3 Å². The highest BCUT2D eigenvalue weighted by atomic mass is 32.1. The molecule has 4 aromatic heterocycles. The Balaban J connectivity index is 1.48. The van der Waals surface area contributed by atoms with Crippen molar-refractivity contribution in [3.63, 3.8) is 0 Å². The van der Waals surface area contributed by atoms with E-state index in [9.17, 15) is 18.0 Å². The first-order valence-electron chi connectivity index (χ1n) is 10.8. The molecule has 0 saturated carbocycles. The van der Waals surface area contributed by atoms with Gasteiger partial charge >= 0.3 is 6.18 Å². The van der Waals surface area contributed by atoms with E-state index >= 15 is 0 Å². The summed E-state index contributed by atoms with van der Waals surface area (Å²) in [7, 11) is 1.34. The van der Waals surface area contributed by atoms with Crippen molar-refractivity contribution in [3.8, 4) is 17.1 Å². The summed E-state index contributed by atoms with van der Waals surface area (Å²) in [6.45, 7) is 0. The number of halogens is 3. The van der Waals surface area contributed by atoms with Crippen LogP contribution in [0.2, 0.25) is 0 Å². The molecule has 0 atom stereocenters. The van der Waals surface area contributed by atoms with Crippen molar-refractivity contribution < 1.29 is 22.7 Å². The van der Waals surface area contributed by atoms with Gasteiger partial charge in [0.15, 0.2) is 10.9 Å². The molecule has 5 aromatic rings. The van der Waals surface area contributed by atoms with Gasteiger partial charge in [0, 0.05) is 29.3 Å². The lowest BCUT2D eigenvalue weighted by Gasteiger charge is -2.09. The fourth-order valence-electron chi connectivity index (χ4n) is 3.82. The van der Waals surface area contributed by atoms with Gasteiger partial charge in [0.25, 0.3) is 5.91 Å². The second-order valence-electron chi connectivity index (χ2n) is 7.88. The zero-order valence-corrected chi connectivity index (χ0v) is 20.0. The zero-order valence-electron chi connectivity index (χ0n) is 19.2. The fraction of sp³-hybridized carbons (Fsp3) is 0.125. The number of hydrogen-bond acceptors (Lipinski definition) is 8. The van der Waals surface area contributed by atoms with Gasteiger partial charge in [-0.15, -0.1) is 11.3 Å². The topological polar surface area (TPSA) is 120 Å². The van der Waals surface area contributed by atoms with Crippen molar-refractivity contribution in [1.82, 2.24) is 24.6 Å². The number of nitrogens with two attached hydrogens (primary N) is 1. The molecule has 1 amide bonds. The van der Waals surface area contributed by atoms with Gasteiger partial charge in [-0.3, -0.25) is 10.1 Å². The third-order valence-corrected chi connectivity index (χ3v) is 6.38. The maximum absolute atomic E-state index is 13.7. The molecular formula is C24H18F3N7O2S. The van der Waals surface area contributed by atoms with E-state index < -0.39 is 17.6 Å². The van der Waals surface area contributed by atoms with Gasteiger partial charge in [-0.2, -0.15) is 18.3 Å². The van der Waals surface area contributed by atoms with Crippen LogP contribution in [0.15, 0.2) is 61.2 Å². The van der Waals surface area contributed by atoms with Crippen molar-refractivity contribution in [2.45, 2.75) is 12.6 Å². The van der Waals surface area contributed by atoms with Gasteiger partial charge < -0.3 is 10.5 Å². The Hall–Kier alpha value is -4.52. The minimum Gasteiger partial charge on any atom is -0.480 e. The van der Waals surface area contributed by atoms with Gasteiger partial charge in [0.1, 0.15) is 17.4 Å². The Labute approximate surface area is 211 Å². The second kappa shape index (κ2) is 9.50. The van der Waals surface area contributed by atoms with E-state index in [4.69, 9.17) is 10.5 Å². The molecule has 0 bridgehead atoms. The summed E-state index contributed by atoms with van der Waals surface area (Å²) in [6.07, 6.45) is -0.0365. The molecule has 0 unspecified atom stereocenters. The number of nitrogens with one attached hydrogen (secondary N) is 1. The summed E-state index contributed by atoms with van der Waals surface area (Å²) in [5.74, 6) is -0.922. The van der Waals surface area contributed by atoms with Crippen molar-refractivity contribution in [3.05, 3.63) is 82.8 Å². The molecule has 0 aliphatic carbocycles. The number of pyridine rings is 1. The van der Waals surface area contributed by atoms with Crippen LogP contribution in [-0.2, 0) is 12.6 Å². The number of amides is 1. The molecule has 3 N–H and O–H groups in total. The summed E-state index contributed by atoms with van der Waals surface area (Å²) in [5, 5.41) is 7.00. The highest BCUT2D eigenvalue weighted by molar-refractivity contribution is 7.15. The van der Waals surface area contributed by atoms with Crippen molar-refractivity contribution in [2.24, 2.45) is 0 Å². The van der Waals surface area contributed by atoms with Gasteiger partial charge in [-0.1, -0.05) is 30.3 Å². The number of hydrogen-bond donors (Lipinski definition) is 2. The standard InChI is InChI=1S/C24H18F3N7O2S/c1-36-22-16(21(35)33-23-30-11-15(37-23)7-13-5-3-2-4-6-13)8-14(10-29-22)18-9-17(24(25,26)27)19-20(28)31-12-32-34(18)19/h2-6,8-12H,7H2,1H3,(H2,28,31,32)(H,30,33,35). The molecular weight excluding hydrogens is 507 g/mol. The van der Waals surface area contributed by atoms with Crippen LogP contribution in [0.5, 0.6) is 5.88 Å². The summed E-state index contributed by atoms with van der Waals surface area (Å²) in [5.41, 5.74) is 5.66. The minimum absolute atomic E-state index is 0.00495. The number of nitrogens with zero attached hydrogens (tertiary/aromatic N) is 5. The minimum atomic E-state index is -4.70. The van der Waals surface area contributed by atoms with E-state index in [2.05, 4.69) is 25.4 Å². The van der Waals surface area contributed by atoms with Crippen LogP contribution in [0.4, 0.5) is 24.1 Å². The Morgan fingerprint density at radius 3 is 2.65 bits per heavy atom. The number of thiazole rings is 1. The number of ether oxygens (including phenoxy) is 1. The molecule has 0 saturated heterocycles. The largest absolute Gasteiger partial charge is 0.480 e. The highest BCUT2D eigenvalue weighted by Gasteiger charge is 2.36. The first-order valence-corrected chi connectivity index (χ1v) is 11.6. The lowest BCUT2D eigenvalue weighted by atomic mass is 10.1. The molecule has 0 radical (unpaired) electrons. The first-order chi connectivity index (χ1) is 17.7. The molecule has 9 nitrogen and oxygen atoms in total. The van der Waals surface area contributed by atoms with E-state index in [-0.39, 0.29) is 34.0 Å². The zero-order chi connectivity index (χ0) is 26.2. The van der Waals surface area contributed by atoms with E-state index in [1.807, 2.05) is 30.3 Å². The smallest absolute Gasteiger partial charge is 0.418 e. The van der Waals surface area contributed by atoms with Gasteiger partial charge in [-0.05, 0) is 17.7 Å². The molecule has 13 heteroatoms. The fourth-order valence-corrected chi connectivity index (χ4v) is 4.66. The van der Waals surface area contributed by atoms with Crippen LogP contribution >= 0.6 is 11.3 Å². The molecule has 188 valence electrons. The number of methoxy groups -OCH3 is 1. The van der Waals surface area contributed by atoms with Crippen LogP contribution in [0.25, 0.3) is 16.8 Å². The SMILES string of the molecule is COc1ncc(-c2cc(C(F)(F)F)c3c(N)ncnn23)cc1C(=O)Nc1ncc(Cc2ccccc2)s1. The molecule has 37 heavy (non-hydrogen) atoms. The van der Waals surface area contributed by atoms with E-state index in [1.54, 1.807) is 6.20 Å². The van der Waals surface area contributed by atoms with Crippen molar-refractivity contribution in [1.29, 1.82) is 0 Å². The number of benzene rings is 1. The lowest BCUT2D eigenvalue weighted by Crippen LogP contribution is -2.14. The number of aromatic nitrogens is 5. The second-order valence-corrected chi connectivity index (χ2v) is 8.99. The number of alkyl halides is 3. The Bertz CT molecular complexity index is 1600. The predicted octanol–water partition coefficient (Wildman–Crippen LogP) is 4.70. The highest BCUT2D eigenvalue weighted by Crippen LogP contribution is 2.39. The van der Waals surface area contributed by atoms with Crippen LogP contribution in [0, 0.1) is 0 Å². The Morgan fingerprint density at radius 2 is 1.92 bits per heavy atom. The van der Waals surface area contributed by atoms with Crippen LogP contribution in [0.3, 0.4) is 0 Å². The quantitative estimate of drug-likeness (QED) is 0.330. The average Bonchev–Trinajstić information content (AvgIpc) is 3.49. The van der Waals surface area contributed by atoms with Crippen molar-refractivity contribution >= 4 is 33.7 Å². The number of nitrogen functional groups attached to an aromatic ring is 1. The third-order valence-electron chi connectivity index (χ3n) is 5.47. The Kier molecular flexibility index (Phi) is 6.21. The van der Waals surface area contributed by atoms with Gasteiger partial charge in [0.2, 0.25) is 5.88 Å². The first kappa shape index (κ1) is 24.2. The van der Waals surface area contributed by atoms with Gasteiger partial charge in [-0.25, -0.2) is 19.5 Å².